The first-order valence-corrected chi connectivity index (χ1v) is 9.96. The van der Waals surface area contributed by atoms with Crippen LogP contribution in [0.15, 0.2) is 53.6 Å². The maximum atomic E-state index is 12.7. The highest BCUT2D eigenvalue weighted by atomic mass is 35.5. The van der Waals surface area contributed by atoms with Gasteiger partial charge in [-0.25, -0.2) is 4.68 Å². The molecule has 2 aromatic carbocycles. The quantitative estimate of drug-likeness (QED) is 0.328. The molecule has 1 N–H and O–H groups in total. The summed E-state index contributed by atoms with van der Waals surface area (Å²) >= 11 is 13.5. The van der Waals surface area contributed by atoms with Gasteiger partial charge in [0.2, 0.25) is 0 Å². The van der Waals surface area contributed by atoms with Gasteiger partial charge in [0, 0.05) is 27.1 Å². The zero-order valence-electron chi connectivity index (χ0n) is 14.6. The van der Waals surface area contributed by atoms with Crippen molar-refractivity contribution in [3.05, 3.63) is 79.9 Å². The van der Waals surface area contributed by atoms with Crippen molar-refractivity contribution in [1.82, 2.24) is 9.78 Å². The highest BCUT2D eigenvalue weighted by Crippen LogP contribution is 2.26. The first kappa shape index (κ1) is 20.2. The third kappa shape index (κ3) is 4.46. The van der Waals surface area contributed by atoms with Gasteiger partial charge in [0.1, 0.15) is 11.4 Å². The molecule has 144 valence electrons. The predicted molar refractivity (Wildman–Crippen MR) is 111 cm³/mol. The van der Waals surface area contributed by atoms with Crippen molar-refractivity contribution < 1.29 is 9.72 Å². The molecule has 1 heterocycles. The van der Waals surface area contributed by atoms with Gasteiger partial charge in [0.05, 0.1) is 17.7 Å². The molecule has 0 aliphatic carbocycles. The summed E-state index contributed by atoms with van der Waals surface area (Å²) in [6.07, 6.45) is 3.35. The molecule has 3 rings (SSSR count). The zero-order valence-corrected chi connectivity index (χ0v) is 16.9. The summed E-state index contributed by atoms with van der Waals surface area (Å²) in [6, 6.07) is 11.1. The fraction of sp³-hybridized carbons (Fsp3) is 0.111. The lowest BCUT2D eigenvalue weighted by molar-refractivity contribution is -0.385. The van der Waals surface area contributed by atoms with Gasteiger partial charge in [-0.3, -0.25) is 14.9 Å². The van der Waals surface area contributed by atoms with E-state index < -0.39 is 10.8 Å². The van der Waals surface area contributed by atoms with E-state index in [0.717, 1.165) is 10.5 Å². The summed E-state index contributed by atoms with van der Waals surface area (Å²) < 4.78 is 1.54. The maximum absolute atomic E-state index is 12.7. The number of halogens is 2. The van der Waals surface area contributed by atoms with Crippen LogP contribution in [0.4, 0.5) is 11.5 Å². The van der Waals surface area contributed by atoms with E-state index in [1.54, 1.807) is 30.3 Å². The topological polar surface area (TPSA) is 90.1 Å². The molecule has 0 aliphatic heterocycles. The molecule has 0 saturated carbocycles. The van der Waals surface area contributed by atoms with E-state index in [2.05, 4.69) is 10.4 Å². The average Bonchev–Trinajstić information content (AvgIpc) is 3.10. The first-order valence-electron chi connectivity index (χ1n) is 7.98. The Balaban J connectivity index is 1.87. The van der Waals surface area contributed by atoms with E-state index in [0.29, 0.717) is 22.4 Å². The molecular formula is C18H14Cl2N4O3S. The van der Waals surface area contributed by atoms with Crippen LogP contribution in [-0.4, -0.2) is 26.9 Å². The van der Waals surface area contributed by atoms with Crippen LogP contribution in [0.2, 0.25) is 10.0 Å². The Hall–Kier alpha value is -2.55. The summed E-state index contributed by atoms with van der Waals surface area (Å²) in [4.78, 5) is 24.2. The molecule has 0 atom stereocenters. The molecule has 0 bridgehead atoms. The molecule has 0 aliphatic rings. The van der Waals surface area contributed by atoms with Gasteiger partial charge in [0.15, 0.2) is 0 Å². The van der Waals surface area contributed by atoms with Crippen LogP contribution in [0.3, 0.4) is 0 Å². The van der Waals surface area contributed by atoms with E-state index in [9.17, 15) is 14.9 Å². The number of carbonyl (C=O) groups excluding carboxylic acids is 1. The van der Waals surface area contributed by atoms with Gasteiger partial charge in [0.25, 0.3) is 11.6 Å². The molecule has 10 heteroatoms. The number of aromatic nitrogens is 2. The van der Waals surface area contributed by atoms with Crippen LogP contribution < -0.4 is 5.32 Å². The minimum atomic E-state index is -0.591. The lowest BCUT2D eigenvalue weighted by Gasteiger charge is -2.11. The normalized spacial score (nSPS) is 10.7. The third-order valence-electron chi connectivity index (χ3n) is 3.94. The fourth-order valence-corrected chi connectivity index (χ4v) is 3.45. The highest BCUT2D eigenvalue weighted by molar-refractivity contribution is 7.98. The molecule has 7 nitrogen and oxygen atoms in total. The number of hydrogen-bond donors (Lipinski definition) is 1. The molecule has 1 aromatic heterocycles. The number of hydrogen-bond acceptors (Lipinski definition) is 5. The number of thioether (sulfide) groups is 1. The second-order valence-electron chi connectivity index (χ2n) is 5.70. The maximum Gasteiger partial charge on any atom is 0.282 e. The van der Waals surface area contributed by atoms with Crippen molar-refractivity contribution in [2.24, 2.45) is 0 Å². The summed E-state index contributed by atoms with van der Waals surface area (Å²) in [5, 5.41) is 19.1. The second-order valence-corrected chi connectivity index (χ2v) is 7.43. The standard InChI is InChI=1S/C18H14Cl2N4O3S/c1-28-13-4-5-16(24(26)27)14(9-13)18(25)22-17-6-7-21-23(17)10-11-2-3-12(19)8-15(11)20/h2-9H,10H2,1H3,(H,22,25). The Labute approximate surface area is 174 Å². The Morgan fingerprint density at radius 2 is 2.04 bits per heavy atom. The van der Waals surface area contributed by atoms with Crippen LogP contribution in [0.1, 0.15) is 15.9 Å². The molecule has 0 fully saturated rings. The number of amides is 1. The minimum Gasteiger partial charge on any atom is -0.307 e. The molecule has 1 amide bonds. The van der Waals surface area contributed by atoms with Crippen LogP contribution in [0.5, 0.6) is 0 Å². The van der Waals surface area contributed by atoms with E-state index in [1.807, 2.05) is 6.26 Å². The number of anilines is 1. The Kier molecular flexibility index (Phi) is 6.23. The molecular weight excluding hydrogens is 423 g/mol. The Morgan fingerprint density at radius 1 is 1.25 bits per heavy atom. The van der Waals surface area contributed by atoms with E-state index in [4.69, 9.17) is 23.2 Å². The smallest absolute Gasteiger partial charge is 0.282 e. The van der Waals surface area contributed by atoms with Crippen LogP contribution in [-0.2, 0) is 6.54 Å². The fourth-order valence-electron chi connectivity index (χ4n) is 2.54. The molecule has 0 unspecified atom stereocenters. The average molecular weight is 437 g/mol. The Bertz CT molecular complexity index is 1060. The monoisotopic (exact) mass is 436 g/mol. The van der Waals surface area contributed by atoms with Crippen molar-refractivity contribution in [1.29, 1.82) is 0 Å². The number of nitrogens with zero attached hydrogens (tertiary/aromatic N) is 3. The van der Waals surface area contributed by atoms with Gasteiger partial charge in [-0.05, 0) is 36.1 Å². The number of nitro benzene ring substituents is 1. The second kappa shape index (κ2) is 8.64. The van der Waals surface area contributed by atoms with Gasteiger partial charge < -0.3 is 5.32 Å². The lowest BCUT2D eigenvalue weighted by Crippen LogP contribution is -2.17. The number of nitro groups is 1. The molecule has 3 aromatic rings. The summed E-state index contributed by atoms with van der Waals surface area (Å²) in [7, 11) is 0. The predicted octanol–water partition coefficient (Wildman–Crippen LogP) is 5.12. The molecule has 0 saturated heterocycles. The van der Waals surface area contributed by atoms with Crippen molar-refractivity contribution >= 4 is 52.4 Å². The number of rotatable bonds is 6. The summed E-state index contributed by atoms with van der Waals surface area (Å²) in [5.74, 6) is -0.202. The van der Waals surface area contributed by atoms with Gasteiger partial charge in [-0.15, -0.1) is 11.8 Å². The summed E-state index contributed by atoms with van der Waals surface area (Å²) in [6.45, 7) is 0.297. The van der Waals surface area contributed by atoms with Crippen LogP contribution in [0.25, 0.3) is 0 Å². The van der Waals surface area contributed by atoms with Crippen molar-refractivity contribution in [3.8, 4) is 0 Å². The lowest BCUT2D eigenvalue weighted by atomic mass is 10.1. The minimum absolute atomic E-state index is 0.0193. The van der Waals surface area contributed by atoms with Gasteiger partial charge >= 0.3 is 0 Å². The van der Waals surface area contributed by atoms with E-state index in [-0.39, 0.29) is 11.3 Å². The highest BCUT2D eigenvalue weighted by Gasteiger charge is 2.22. The zero-order chi connectivity index (χ0) is 20.3. The van der Waals surface area contributed by atoms with Gasteiger partial charge in [-0.1, -0.05) is 29.3 Å². The van der Waals surface area contributed by atoms with Crippen molar-refractivity contribution in [2.75, 3.05) is 11.6 Å². The van der Waals surface area contributed by atoms with Crippen LogP contribution in [0, 0.1) is 10.1 Å². The van der Waals surface area contributed by atoms with Crippen molar-refractivity contribution in [3.63, 3.8) is 0 Å². The van der Waals surface area contributed by atoms with Crippen molar-refractivity contribution in [2.45, 2.75) is 11.4 Å². The molecule has 28 heavy (non-hydrogen) atoms. The number of nitrogens with one attached hydrogen (secondary N) is 1. The van der Waals surface area contributed by atoms with Gasteiger partial charge in [-0.2, -0.15) is 5.10 Å². The summed E-state index contributed by atoms with van der Waals surface area (Å²) in [5.41, 5.74) is 0.483. The first-order chi connectivity index (χ1) is 13.4. The Morgan fingerprint density at radius 3 is 2.71 bits per heavy atom. The van der Waals surface area contributed by atoms with E-state index in [1.165, 1.54) is 34.8 Å². The largest absolute Gasteiger partial charge is 0.307 e. The molecule has 0 radical (unpaired) electrons. The number of benzene rings is 2. The SMILES string of the molecule is CSc1ccc([N+](=O)[O-])c(C(=O)Nc2ccnn2Cc2ccc(Cl)cc2Cl)c1. The number of carbonyl (C=O) groups is 1. The molecule has 0 spiro atoms. The van der Waals surface area contributed by atoms with E-state index >= 15 is 0 Å². The third-order valence-corrected chi connectivity index (χ3v) is 5.25. The van der Waals surface area contributed by atoms with Crippen LogP contribution >= 0.6 is 35.0 Å².